The molecule has 1 unspecified atom stereocenters. The predicted molar refractivity (Wildman–Crippen MR) is 57.1 cm³/mol. The number of esters is 2. The van der Waals surface area contributed by atoms with Crippen LogP contribution in [0.25, 0.3) is 0 Å². The van der Waals surface area contributed by atoms with Gasteiger partial charge in [-0.25, -0.2) is 0 Å². The highest BCUT2D eigenvalue weighted by Gasteiger charge is 2.18. The van der Waals surface area contributed by atoms with Crippen LogP contribution in [0.4, 0.5) is 0 Å². The monoisotopic (exact) mass is 244 g/mol. The van der Waals surface area contributed by atoms with Crippen molar-refractivity contribution in [2.75, 3.05) is 6.61 Å². The maximum absolute atomic E-state index is 11.2. The quantitative estimate of drug-likeness (QED) is 0.603. The van der Waals surface area contributed by atoms with Crippen molar-refractivity contribution in [2.24, 2.45) is 0 Å². The molecule has 17 heavy (non-hydrogen) atoms. The lowest BCUT2D eigenvalue weighted by Crippen LogP contribution is -2.25. The molecule has 0 amide bonds. The summed E-state index contributed by atoms with van der Waals surface area (Å²) in [6.45, 7) is 3.35. The average molecular weight is 244 g/mol. The molecule has 0 aromatic rings. The second kappa shape index (κ2) is 7.54. The van der Waals surface area contributed by atoms with Crippen LogP contribution >= 0.6 is 0 Å². The van der Waals surface area contributed by atoms with Crippen molar-refractivity contribution >= 4 is 23.5 Å². The number of Topliss-reactive ketones (excluding diaryl/α,β-unsaturated/α-hetero) is 2. The molecule has 6 nitrogen and oxygen atoms in total. The fourth-order valence-electron chi connectivity index (χ4n) is 1.09. The van der Waals surface area contributed by atoms with Crippen LogP contribution in [0.15, 0.2) is 0 Å². The largest absolute Gasteiger partial charge is 0.458 e. The van der Waals surface area contributed by atoms with Gasteiger partial charge in [0.1, 0.15) is 6.61 Å². The van der Waals surface area contributed by atoms with Gasteiger partial charge in [-0.2, -0.15) is 0 Å². The number of carbonyl (C=O) groups is 4. The summed E-state index contributed by atoms with van der Waals surface area (Å²) in [5, 5.41) is 0. The Morgan fingerprint density at radius 3 is 2.00 bits per heavy atom. The number of ether oxygens (including phenoxy) is 2. The first-order valence-electron chi connectivity index (χ1n) is 5.15. The van der Waals surface area contributed by atoms with Crippen molar-refractivity contribution < 1.29 is 28.7 Å². The molecule has 0 saturated heterocycles. The van der Waals surface area contributed by atoms with Gasteiger partial charge in [0.25, 0.3) is 0 Å². The summed E-state index contributed by atoms with van der Waals surface area (Å²) >= 11 is 0. The van der Waals surface area contributed by atoms with Crippen LogP contribution in [0.1, 0.15) is 33.6 Å². The molecule has 6 heteroatoms. The molecule has 0 saturated carbocycles. The molecule has 1 atom stereocenters. The van der Waals surface area contributed by atoms with Gasteiger partial charge < -0.3 is 9.47 Å². The fraction of sp³-hybridized carbons (Fsp3) is 0.636. The van der Waals surface area contributed by atoms with Gasteiger partial charge >= 0.3 is 11.9 Å². The summed E-state index contributed by atoms with van der Waals surface area (Å²) < 4.78 is 9.24. The molecular weight excluding hydrogens is 228 g/mol. The Labute approximate surface area is 99.3 Å². The van der Waals surface area contributed by atoms with E-state index >= 15 is 0 Å². The summed E-state index contributed by atoms with van der Waals surface area (Å²) in [6.07, 6.45) is -0.784. The standard InChI is InChI=1S/C11H16O6/c1-7(12)11(17-9(3)14)5-4-10(15)6-16-8(2)13/h11H,4-6H2,1-3H3. The lowest BCUT2D eigenvalue weighted by molar-refractivity contribution is -0.153. The Bertz CT molecular complexity index is 320. The third-order valence-corrected chi connectivity index (χ3v) is 1.88. The number of carbonyl (C=O) groups excluding carboxylic acids is 4. The molecular formula is C11H16O6. The summed E-state index contributed by atoms with van der Waals surface area (Å²) in [4.78, 5) is 43.4. The van der Waals surface area contributed by atoms with Gasteiger partial charge in [-0.1, -0.05) is 0 Å². The van der Waals surface area contributed by atoms with E-state index in [9.17, 15) is 19.2 Å². The second-order valence-electron chi connectivity index (χ2n) is 3.57. The van der Waals surface area contributed by atoms with Gasteiger partial charge in [-0.15, -0.1) is 0 Å². The van der Waals surface area contributed by atoms with Gasteiger partial charge in [0, 0.05) is 20.3 Å². The third kappa shape index (κ3) is 8.12. The van der Waals surface area contributed by atoms with E-state index in [-0.39, 0.29) is 31.0 Å². The molecule has 0 aliphatic heterocycles. The van der Waals surface area contributed by atoms with Gasteiger partial charge in [-0.3, -0.25) is 19.2 Å². The smallest absolute Gasteiger partial charge is 0.303 e. The summed E-state index contributed by atoms with van der Waals surface area (Å²) in [6, 6.07) is 0. The Morgan fingerprint density at radius 2 is 1.59 bits per heavy atom. The van der Waals surface area contributed by atoms with E-state index in [0.29, 0.717) is 0 Å². The first-order valence-corrected chi connectivity index (χ1v) is 5.15. The van der Waals surface area contributed by atoms with Crippen molar-refractivity contribution in [1.29, 1.82) is 0 Å². The molecule has 0 fully saturated rings. The zero-order valence-electron chi connectivity index (χ0n) is 10.1. The number of hydrogen-bond donors (Lipinski definition) is 0. The zero-order chi connectivity index (χ0) is 13.4. The maximum Gasteiger partial charge on any atom is 0.303 e. The van der Waals surface area contributed by atoms with Crippen LogP contribution in [0.5, 0.6) is 0 Å². The summed E-state index contributed by atoms with van der Waals surface area (Å²) in [5.41, 5.74) is 0. The highest BCUT2D eigenvalue weighted by Crippen LogP contribution is 2.05. The molecule has 0 rings (SSSR count). The Balaban J connectivity index is 4.04. The number of ketones is 2. The highest BCUT2D eigenvalue weighted by molar-refractivity contribution is 5.85. The molecule has 0 aromatic carbocycles. The molecule has 0 N–H and O–H groups in total. The summed E-state index contributed by atoms with van der Waals surface area (Å²) in [7, 11) is 0. The van der Waals surface area contributed by atoms with Crippen LogP contribution in [-0.2, 0) is 28.7 Å². The predicted octanol–water partition coefficient (Wildman–Crippen LogP) is 0.419. The molecule has 0 radical (unpaired) electrons. The van der Waals surface area contributed by atoms with Gasteiger partial charge in [0.2, 0.25) is 0 Å². The minimum absolute atomic E-state index is 0.0187. The average Bonchev–Trinajstić information content (AvgIpc) is 2.20. The highest BCUT2D eigenvalue weighted by atomic mass is 16.5. The van der Waals surface area contributed by atoms with Crippen molar-refractivity contribution in [3.8, 4) is 0 Å². The van der Waals surface area contributed by atoms with E-state index < -0.39 is 18.0 Å². The lowest BCUT2D eigenvalue weighted by Gasteiger charge is -2.13. The number of hydrogen-bond acceptors (Lipinski definition) is 6. The van der Waals surface area contributed by atoms with Crippen LogP contribution in [0, 0.1) is 0 Å². The van der Waals surface area contributed by atoms with Crippen LogP contribution in [0.2, 0.25) is 0 Å². The van der Waals surface area contributed by atoms with Gasteiger partial charge in [0.05, 0.1) is 0 Å². The topological polar surface area (TPSA) is 86.7 Å². The first kappa shape index (κ1) is 15.3. The molecule has 0 aliphatic carbocycles. The molecule has 0 aromatic heterocycles. The van der Waals surface area contributed by atoms with E-state index in [2.05, 4.69) is 4.74 Å². The van der Waals surface area contributed by atoms with Crippen molar-refractivity contribution in [3.05, 3.63) is 0 Å². The minimum atomic E-state index is -0.909. The second-order valence-corrected chi connectivity index (χ2v) is 3.57. The van der Waals surface area contributed by atoms with Gasteiger partial charge in [-0.05, 0) is 13.3 Å². The third-order valence-electron chi connectivity index (χ3n) is 1.88. The number of rotatable bonds is 7. The molecule has 96 valence electrons. The van der Waals surface area contributed by atoms with Gasteiger partial charge in [0.15, 0.2) is 17.7 Å². The fourth-order valence-corrected chi connectivity index (χ4v) is 1.09. The van der Waals surface area contributed by atoms with Crippen LogP contribution in [0.3, 0.4) is 0 Å². The lowest BCUT2D eigenvalue weighted by atomic mass is 10.1. The van der Waals surface area contributed by atoms with Crippen molar-refractivity contribution in [3.63, 3.8) is 0 Å². The zero-order valence-corrected chi connectivity index (χ0v) is 10.1. The van der Waals surface area contributed by atoms with E-state index in [1.54, 1.807) is 0 Å². The molecule has 0 bridgehead atoms. The Kier molecular flexibility index (Phi) is 6.77. The maximum atomic E-state index is 11.2. The van der Waals surface area contributed by atoms with E-state index in [1.807, 2.05) is 0 Å². The Morgan fingerprint density at radius 1 is 1.00 bits per heavy atom. The molecule has 0 spiro atoms. The normalized spacial score (nSPS) is 11.5. The first-order chi connectivity index (χ1) is 7.82. The van der Waals surface area contributed by atoms with E-state index in [1.165, 1.54) is 20.8 Å². The van der Waals surface area contributed by atoms with Crippen LogP contribution < -0.4 is 0 Å². The molecule has 0 heterocycles. The molecule has 0 aliphatic rings. The van der Waals surface area contributed by atoms with Crippen LogP contribution in [-0.4, -0.2) is 36.2 Å². The SMILES string of the molecule is CC(=O)OCC(=O)CCC(OC(C)=O)C(C)=O. The summed E-state index contributed by atoms with van der Waals surface area (Å²) in [5.74, 6) is -1.75. The van der Waals surface area contributed by atoms with E-state index in [4.69, 9.17) is 4.74 Å². The Hall–Kier alpha value is -1.72. The minimum Gasteiger partial charge on any atom is -0.458 e. The van der Waals surface area contributed by atoms with Crippen molar-refractivity contribution in [1.82, 2.24) is 0 Å². The van der Waals surface area contributed by atoms with Crippen molar-refractivity contribution in [2.45, 2.75) is 39.7 Å². The van der Waals surface area contributed by atoms with E-state index in [0.717, 1.165) is 0 Å².